The van der Waals surface area contributed by atoms with Crippen LogP contribution < -0.4 is 10.6 Å². The summed E-state index contributed by atoms with van der Waals surface area (Å²) in [5, 5.41) is 5.90. The van der Waals surface area contributed by atoms with Crippen LogP contribution in [0.1, 0.15) is 40.0 Å². The summed E-state index contributed by atoms with van der Waals surface area (Å²) in [6.45, 7) is 6.47. The Morgan fingerprint density at radius 2 is 2.22 bits per heavy atom. The third kappa shape index (κ3) is 1.85. The van der Waals surface area contributed by atoms with Gasteiger partial charge in [0.15, 0.2) is 0 Å². The Hall–Kier alpha value is -1.26. The zero-order valence-electron chi connectivity index (χ0n) is 11.3. The Morgan fingerprint density at radius 3 is 2.83 bits per heavy atom. The number of hydrogen-bond donors (Lipinski definition) is 2. The van der Waals surface area contributed by atoms with E-state index in [1.54, 1.807) is 6.92 Å². The molecular weight excluding hydrogens is 232 g/mol. The molecule has 18 heavy (non-hydrogen) atoms. The van der Waals surface area contributed by atoms with Gasteiger partial charge in [0.1, 0.15) is 0 Å². The molecule has 0 aromatic carbocycles. The predicted molar refractivity (Wildman–Crippen MR) is 67.0 cm³/mol. The smallest absolute Gasteiger partial charge is 0.407 e. The highest BCUT2D eigenvalue weighted by molar-refractivity contribution is 5.69. The maximum atomic E-state index is 11.7. The summed E-state index contributed by atoms with van der Waals surface area (Å²) in [7, 11) is 0. The minimum absolute atomic E-state index is 0.0126. The highest BCUT2D eigenvalue weighted by Gasteiger charge is 2.62. The predicted octanol–water partition coefficient (Wildman–Crippen LogP) is 1.43. The van der Waals surface area contributed by atoms with Crippen LogP contribution in [0.2, 0.25) is 0 Å². The van der Waals surface area contributed by atoms with E-state index in [1.807, 2.05) is 0 Å². The fourth-order valence-electron chi connectivity index (χ4n) is 3.92. The van der Waals surface area contributed by atoms with Gasteiger partial charge in [-0.1, -0.05) is 13.8 Å². The maximum absolute atomic E-state index is 11.7. The van der Waals surface area contributed by atoms with Gasteiger partial charge in [0, 0.05) is 0 Å². The van der Waals surface area contributed by atoms with Crippen molar-refractivity contribution in [2.24, 2.45) is 11.3 Å². The molecule has 0 spiro atoms. The molecule has 3 atom stereocenters. The molecule has 2 aliphatic carbocycles. The molecule has 2 saturated carbocycles. The van der Waals surface area contributed by atoms with E-state index in [0.29, 0.717) is 12.5 Å². The van der Waals surface area contributed by atoms with Gasteiger partial charge < -0.3 is 15.4 Å². The SMILES string of the molecule is CCOC(=O)N[C@@]12CC[C@@H](C1)C(C)(C)[C@@H]2NC=O. The summed E-state index contributed by atoms with van der Waals surface area (Å²) in [4.78, 5) is 22.5. The Bertz CT molecular complexity index is 356. The minimum atomic E-state index is -0.381. The van der Waals surface area contributed by atoms with Gasteiger partial charge in [-0.15, -0.1) is 0 Å². The molecule has 2 bridgehead atoms. The van der Waals surface area contributed by atoms with E-state index in [2.05, 4.69) is 24.5 Å². The van der Waals surface area contributed by atoms with E-state index in [9.17, 15) is 9.59 Å². The number of carbonyl (C=O) groups excluding carboxylic acids is 2. The third-order valence-corrected chi connectivity index (χ3v) is 4.76. The molecule has 0 aliphatic heterocycles. The maximum Gasteiger partial charge on any atom is 0.407 e. The normalized spacial score (nSPS) is 36.2. The molecule has 5 nitrogen and oxygen atoms in total. The average Bonchev–Trinajstić information content (AvgIpc) is 2.77. The first-order valence-electron chi connectivity index (χ1n) is 6.61. The number of ether oxygens (including phenoxy) is 1. The van der Waals surface area contributed by atoms with Crippen molar-refractivity contribution in [2.75, 3.05) is 6.61 Å². The van der Waals surface area contributed by atoms with Crippen LogP contribution in [0.4, 0.5) is 4.79 Å². The molecule has 2 aliphatic rings. The highest BCUT2D eigenvalue weighted by atomic mass is 16.5. The Kier molecular flexibility index (Phi) is 3.25. The third-order valence-electron chi connectivity index (χ3n) is 4.76. The van der Waals surface area contributed by atoms with Gasteiger partial charge in [0.05, 0.1) is 18.2 Å². The first-order chi connectivity index (χ1) is 8.46. The van der Waals surface area contributed by atoms with Crippen LogP contribution in [-0.4, -0.2) is 30.7 Å². The number of rotatable bonds is 4. The molecule has 0 heterocycles. The van der Waals surface area contributed by atoms with E-state index in [-0.39, 0.29) is 23.1 Å². The van der Waals surface area contributed by atoms with E-state index < -0.39 is 0 Å². The van der Waals surface area contributed by atoms with Crippen LogP contribution in [0.25, 0.3) is 0 Å². The van der Waals surface area contributed by atoms with Crippen molar-refractivity contribution >= 4 is 12.5 Å². The lowest BCUT2D eigenvalue weighted by Crippen LogP contribution is -2.62. The molecule has 2 rings (SSSR count). The van der Waals surface area contributed by atoms with E-state index in [0.717, 1.165) is 25.7 Å². The van der Waals surface area contributed by atoms with Gasteiger partial charge in [-0.3, -0.25) is 4.79 Å². The Labute approximate surface area is 108 Å². The second-order valence-corrected chi connectivity index (χ2v) is 5.98. The number of fused-ring (bicyclic) bond motifs is 2. The lowest BCUT2D eigenvalue weighted by Gasteiger charge is -2.43. The largest absolute Gasteiger partial charge is 0.450 e. The molecule has 2 fully saturated rings. The Morgan fingerprint density at radius 1 is 1.50 bits per heavy atom. The molecule has 2 N–H and O–H groups in total. The second kappa shape index (κ2) is 4.44. The summed E-state index contributed by atoms with van der Waals surface area (Å²) < 4.78 is 4.98. The number of hydrogen-bond acceptors (Lipinski definition) is 3. The van der Waals surface area contributed by atoms with E-state index in [1.165, 1.54) is 0 Å². The van der Waals surface area contributed by atoms with Gasteiger partial charge >= 0.3 is 6.09 Å². The molecule has 0 aromatic heterocycles. The van der Waals surface area contributed by atoms with Crippen LogP contribution in [0.5, 0.6) is 0 Å². The quantitative estimate of drug-likeness (QED) is 0.746. The lowest BCUT2D eigenvalue weighted by atomic mass is 9.71. The standard InChI is InChI=1S/C13H22N2O3/c1-4-18-11(17)15-13-6-5-9(7-13)12(2,3)10(13)14-8-16/h8-10H,4-7H2,1-3H3,(H,14,16)(H,15,17)/t9-,10-,13-/m0/s1. The zero-order chi connectivity index (χ0) is 13.4. The first kappa shape index (κ1) is 13.2. The van der Waals surface area contributed by atoms with Crippen LogP contribution >= 0.6 is 0 Å². The number of amides is 2. The molecule has 0 aromatic rings. The summed E-state index contributed by atoms with van der Waals surface area (Å²) in [6.07, 6.45) is 3.28. The zero-order valence-corrected chi connectivity index (χ0v) is 11.3. The van der Waals surface area contributed by atoms with Crippen molar-refractivity contribution in [3.8, 4) is 0 Å². The average molecular weight is 254 g/mol. The second-order valence-electron chi connectivity index (χ2n) is 5.98. The van der Waals surface area contributed by atoms with Crippen molar-refractivity contribution in [2.45, 2.75) is 51.6 Å². The highest BCUT2D eigenvalue weighted by Crippen LogP contribution is 2.57. The monoisotopic (exact) mass is 254 g/mol. The van der Waals surface area contributed by atoms with Crippen LogP contribution in [0.15, 0.2) is 0 Å². The van der Waals surface area contributed by atoms with Gasteiger partial charge in [-0.25, -0.2) is 4.79 Å². The van der Waals surface area contributed by atoms with Gasteiger partial charge in [-0.05, 0) is 37.5 Å². The van der Waals surface area contributed by atoms with Gasteiger partial charge in [-0.2, -0.15) is 0 Å². The number of carbonyl (C=O) groups is 2. The fourth-order valence-corrected chi connectivity index (χ4v) is 3.92. The van der Waals surface area contributed by atoms with Gasteiger partial charge in [0.2, 0.25) is 6.41 Å². The fraction of sp³-hybridized carbons (Fsp3) is 0.846. The summed E-state index contributed by atoms with van der Waals surface area (Å²) in [5.74, 6) is 0.539. The van der Waals surface area contributed by atoms with Crippen LogP contribution in [0.3, 0.4) is 0 Å². The molecule has 0 unspecified atom stereocenters. The van der Waals surface area contributed by atoms with Crippen molar-refractivity contribution < 1.29 is 14.3 Å². The molecule has 102 valence electrons. The van der Waals surface area contributed by atoms with Crippen molar-refractivity contribution in [3.63, 3.8) is 0 Å². The van der Waals surface area contributed by atoms with Crippen LogP contribution in [-0.2, 0) is 9.53 Å². The van der Waals surface area contributed by atoms with Gasteiger partial charge in [0.25, 0.3) is 0 Å². The number of alkyl carbamates (subject to hydrolysis) is 1. The number of nitrogens with one attached hydrogen (secondary N) is 2. The van der Waals surface area contributed by atoms with Crippen molar-refractivity contribution in [3.05, 3.63) is 0 Å². The molecule has 0 radical (unpaired) electrons. The topological polar surface area (TPSA) is 67.4 Å². The van der Waals surface area contributed by atoms with E-state index >= 15 is 0 Å². The molecule has 5 heteroatoms. The summed E-state index contributed by atoms with van der Waals surface area (Å²) in [6, 6.07) is -0.0225. The minimum Gasteiger partial charge on any atom is -0.450 e. The van der Waals surface area contributed by atoms with E-state index in [4.69, 9.17) is 4.74 Å². The lowest BCUT2D eigenvalue weighted by molar-refractivity contribution is -0.111. The van der Waals surface area contributed by atoms with Crippen LogP contribution in [0, 0.1) is 11.3 Å². The molecule has 2 amide bonds. The molecule has 0 saturated heterocycles. The first-order valence-corrected chi connectivity index (χ1v) is 6.61. The van der Waals surface area contributed by atoms with Crippen molar-refractivity contribution in [1.82, 2.24) is 10.6 Å². The summed E-state index contributed by atoms with van der Waals surface area (Å²) in [5.41, 5.74) is -0.319. The summed E-state index contributed by atoms with van der Waals surface area (Å²) >= 11 is 0. The van der Waals surface area contributed by atoms with Crippen molar-refractivity contribution in [1.29, 1.82) is 0 Å². The Balaban J connectivity index is 2.19. The molecular formula is C13H22N2O3.